The van der Waals surface area contributed by atoms with Gasteiger partial charge in [-0.1, -0.05) is 11.6 Å². The van der Waals surface area contributed by atoms with Crippen molar-refractivity contribution in [2.24, 2.45) is 0 Å². The number of aliphatic hydroxyl groups is 1. The fourth-order valence-electron chi connectivity index (χ4n) is 1.26. The average Bonchev–Trinajstić information content (AvgIpc) is 1.95. The quantitative estimate of drug-likeness (QED) is 0.588. The van der Waals surface area contributed by atoms with Gasteiger partial charge < -0.3 is 5.11 Å². The van der Waals surface area contributed by atoms with Crippen LogP contribution in [0.2, 0.25) is 0 Å². The van der Waals surface area contributed by atoms with Gasteiger partial charge in [0.25, 0.3) is 0 Å². The highest BCUT2D eigenvalue weighted by Crippen LogP contribution is 2.23. The third-order valence-corrected chi connectivity index (χ3v) is 2.20. The molecule has 0 saturated carbocycles. The average molecular weight is 138 g/mol. The molecule has 0 fully saturated rings. The van der Waals surface area contributed by atoms with E-state index < -0.39 is 0 Å². The van der Waals surface area contributed by atoms with Gasteiger partial charge in [-0.25, -0.2) is 0 Å². The first-order valence-electron chi connectivity index (χ1n) is 3.72. The Bertz CT molecular complexity index is 187. The van der Waals surface area contributed by atoms with Gasteiger partial charge in [0.05, 0.1) is 6.61 Å². The first-order chi connectivity index (χ1) is 4.75. The smallest absolute Gasteiger partial charge is 0.0681 e. The van der Waals surface area contributed by atoms with E-state index in [9.17, 15) is 0 Å². The molecule has 0 bridgehead atoms. The van der Waals surface area contributed by atoms with E-state index in [1.807, 2.05) is 0 Å². The van der Waals surface area contributed by atoms with Gasteiger partial charge in [-0.05, 0) is 37.8 Å². The summed E-state index contributed by atoms with van der Waals surface area (Å²) in [6, 6.07) is 0. The van der Waals surface area contributed by atoms with Gasteiger partial charge in [0.2, 0.25) is 0 Å². The highest BCUT2D eigenvalue weighted by atomic mass is 16.3. The van der Waals surface area contributed by atoms with Crippen molar-refractivity contribution in [1.82, 2.24) is 0 Å². The summed E-state index contributed by atoms with van der Waals surface area (Å²) in [5.74, 6) is 0. The van der Waals surface area contributed by atoms with Crippen molar-refractivity contribution in [2.45, 2.75) is 26.7 Å². The zero-order valence-corrected chi connectivity index (χ0v) is 6.65. The molecule has 0 saturated heterocycles. The Kier molecular flexibility index (Phi) is 2.28. The maximum absolute atomic E-state index is 8.88. The van der Waals surface area contributed by atoms with Crippen LogP contribution in [0.25, 0.3) is 0 Å². The lowest BCUT2D eigenvalue weighted by atomic mass is 9.93. The van der Waals surface area contributed by atoms with Gasteiger partial charge in [0, 0.05) is 0 Å². The third-order valence-electron chi connectivity index (χ3n) is 2.20. The van der Waals surface area contributed by atoms with Crippen molar-refractivity contribution >= 4 is 0 Å². The van der Waals surface area contributed by atoms with Crippen LogP contribution in [-0.2, 0) is 0 Å². The van der Waals surface area contributed by atoms with Gasteiger partial charge in [-0.15, -0.1) is 0 Å². The van der Waals surface area contributed by atoms with E-state index in [0.29, 0.717) is 0 Å². The molecule has 0 aliphatic heterocycles. The molecule has 10 heavy (non-hydrogen) atoms. The number of allylic oxidation sites excluding steroid dienone is 2. The van der Waals surface area contributed by atoms with Crippen LogP contribution in [0, 0.1) is 0 Å². The van der Waals surface area contributed by atoms with E-state index in [2.05, 4.69) is 19.9 Å². The molecule has 0 aromatic heterocycles. The highest BCUT2D eigenvalue weighted by Gasteiger charge is 2.06. The van der Waals surface area contributed by atoms with Crippen LogP contribution in [0.15, 0.2) is 22.8 Å². The molecule has 1 aliphatic carbocycles. The maximum atomic E-state index is 8.88. The zero-order chi connectivity index (χ0) is 7.56. The fraction of sp³-hybridized carbons (Fsp3) is 0.556. The van der Waals surface area contributed by atoms with Crippen LogP contribution in [0.3, 0.4) is 0 Å². The second-order valence-electron chi connectivity index (χ2n) is 2.83. The van der Waals surface area contributed by atoms with E-state index in [1.165, 1.54) is 11.1 Å². The Labute approximate surface area is 62.1 Å². The van der Waals surface area contributed by atoms with Crippen molar-refractivity contribution in [3.05, 3.63) is 22.8 Å². The van der Waals surface area contributed by atoms with Gasteiger partial charge >= 0.3 is 0 Å². The Hall–Kier alpha value is -0.560. The highest BCUT2D eigenvalue weighted by molar-refractivity contribution is 5.36. The van der Waals surface area contributed by atoms with Crippen molar-refractivity contribution < 1.29 is 5.11 Å². The first-order valence-corrected chi connectivity index (χ1v) is 3.72. The monoisotopic (exact) mass is 138 g/mol. The van der Waals surface area contributed by atoms with Crippen LogP contribution in [0.4, 0.5) is 0 Å². The molecule has 0 radical (unpaired) electrons. The maximum Gasteiger partial charge on any atom is 0.0681 e. The lowest BCUT2D eigenvalue weighted by Gasteiger charge is -2.14. The summed E-state index contributed by atoms with van der Waals surface area (Å²) < 4.78 is 0. The largest absolute Gasteiger partial charge is 0.392 e. The van der Waals surface area contributed by atoms with Crippen molar-refractivity contribution in [2.75, 3.05) is 6.61 Å². The summed E-state index contributed by atoms with van der Waals surface area (Å²) in [6.07, 6.45) is 4.39. The van der Waals surface area contributed by atoms with Crippen LogP contribution >= 0.6 is 0 Å². The minimum Gasteiger partial charge on any atom is -0.392 e. The molecule has 1 aliphatic rings. The Morgan fingerprint density at radius 3 is 2.70 bits per heavy atom. The number of rotatable bonds is 1. The number of hydrogen-bond acceptors (Lipinski definition) is 1. The molecule has 1 rings (SSSR count). The molecule has 0 amide bonds. The van der Waals surface area contributed by atoms with E-state index >= 15 is 0 Å². The Morgan fingerprint density at radius 1 is 1.50 bits per heavy atom. The molecule has 1 nitrogen and oxygen atoms in total. The summed E-state index contributed by atoms with van der Waals surface area (Å²) >= 11 is 0. The molecule has 0 heterocycles. The summed E-state index contributed by atoms with van der Waals surface area (Å²) in [5.41, 5.74) is 3.82. The second kappa shape index (κ2) is 3.02. The van der Waals surface area contributed by atoms with E-state index in [4.69, 9.17) is 5.11 Å². The molecule has 1 N–H and O–H groups in total. The summed E-state index contributed by atoms with van der Waals surface area (Å²) in [4.78, 5) is 0. The normalized spacial score (nSPS) is 19.3. The van der Waals surface area contributed by atoms with Crippen LogP contribution < -0.4 is 0 Å². The molecule has 0 unspecified atom stereocenters. The van der Waals surface area contributed by atoms with E-state index in [0.717, 1.165) is 18.4 Å². The predicted molar refractivity (Wildman–Crippen MR) is 42.8 cm³/mol. The molecule has 1 heteroatoms. The van der Waals surface area contributed by atoms with Gasteiger partial charge in [-0.3, -0.25) is 0 Å². The molecular weight excluding hydrogens is 124 g/mol. The van der Waals surface area contributed by atoms with Crippen molar-refractivity contribution in [3.8, 4) is 0 Å². The Morgan fingerprint density at radius 2 is 2.20 bits per heavy atom. The number of hydrogen-bond donors (Lipinski definition) is 1. The van der Waals surface area contributed by atoms with Crippen LogP contribution in [-0.4, -0.2) is 11.7 Å². The summed E-state index contributed by atoms with van der Waals surface area (Å²) in [6.45, 7) is 4.41. The minimum atomic E-state index is 0.198. The second-order valence-corrected chi connectivity index (χ2v) is 2.83. The summed E-state index contributed by atoms with van der Waals surface area (Å²) in [5, 5.41) is 8.88. The number of aliphatic hydroxyl groups excluding tert-OH is 1. The minimum absolute atomic E-state index is 0.198. The topological polar surface area (TPSA) is 20.2 Å². The van der Waals surface area contributed by atoms with Crippen LogP contribution in [0.1, 0.15) is 26.7 Å². The first kappa shape index (κ1) is 7.55. The molecule has 56 valence electrons. The zero-order valence-electron chi connectivity index (χ0n) is 6.65. The molecule has 0 aromatic carbocycles. The third kappa shape index (κ3) is 1.29. The van der Waals surface area contributed by atoms with Crippen molar-refractivity contribution in [1.29, 1.82) is 0 Å². The standard InChI is InChI=1S/C9H14O/c1-7-4-3-5-9(6-10)8(7)2/h5,10H,3-4,6H2,1-2H3. The molecule has 0 spiro atoms. The lowest BCUT2D eigenvalue weighted by molar-refractivity contribution is 0.332. The van der Waals surface area contributed by atoms with Gasteiger partial charge in [0.15, 0.2) is 0 Å². The van der Waals surface area contributed by atoms with Gasteiger partial charge in [0.1, 0.15) is 0 Å². The fourth-order valence-corrected chi connectivity index (χ4v) is 1.26. The molecular formula is C9H14O. The van der Waals surface area contributed by atoms with E-state index in [1.54, 1.807) is 0 Å². The lowest BCUT2D eigenvalue weighted by Crippen LogP contribution is -1.99. The molecule has 0 atom stereocenters. The Balaban J connectivity index is 2.83. The SMILES string of the molecule is CC1=C(C)C(CO)=CCC1. The van der Waals surface area contributed by atoms with E-state index in [-0.39, 0.29) is 6.61 Å². The molecule has 0 aromatic rings. The van der Waals surface area contributed by atoms with Crippen LogP contribution in [0.5, 0.6) is 0 Å². The van der Waals surface area contributed by atoms with Crippen molar-refractivity contribution in [3.63, 3.8) is 0 Å². The summed E-state index contributed by atoms with van der Waals surface area (Å²) in [7, 11) is 0. The predicted octanol–water partition coefficient (Wildman–Crippen LogP) is 2.04. The van der Waals surface area contributed by atoms with Gasteiger partial charge in [-0.2, -0.15) is 0 Å².